The molecule has 0 aliphatic heterocycles. The highest BCUT2D eigenvalue weighted by Gasteiger charge is 1.82. The first-order chi connectivity index (χ1) is 4.41. The maximum absolute atomic E-state index is 5.12. The fraction of sp³-hybridized carbons (Fsp3) is 1.00. The number of hydrogen-bond acceptors (Lipinski definition) is 2. The van der Waals surface area contributed by atoms with Crippen LogP contribution in [0.25, 0.3) is 0 Å². The van der Waals surface area contributed by atoms with Gasteiger partial charge in [0.25, 0.3) is 0 Å². The van der Waals surface area contributed by atoms with Crippen molar-refractivity contribution in [3.63, 3.8) is 0 Å². The van der Waals surface area contributed by atoms with Crippen LogP contribution in [0.1, 0.15) is 50.0 Å². The summed E-state index contributed by atoms with van der Waals surface area (Å²) in [5.41, 5.74) is 0. The predicted molar refractivity (Wildman–Crippen MR) is 66.6 cm³/mol. The van der Waals surface area contributed by atoms with Crippen LogP contribution in [-0.4, -0.2) is 26.3 Å². The Labute approximate surface area is 87.1 Å². The Morgan fingerprint density at radius 3 is 1.85 bits per heavy atom. The summed E-state index contributed by atoms with van der Waals surface area (Å²) in [7, 11) is 0. The van der Waals surface area contributed by atoms with Crippen LogP contribution in [0.15, 0.2) is 0 Å². The van der Waals surface area contributed by atoms with Crippen molar-refractivity contribution in [1.82, 2.24) is 5.32 Å². The molecule has 0 aromatic carbocycles. The fourth-order valence-corrected chi connectivity index (χ4v) is 0.590. The second-order valence-electron chi connectivity index (χ2n) is 1.95. The van der Waals surface area contributed by atoms with E-state index in [2.05, 4.69) is 12.2 Å². The van der Waals surface area contributed by atoms with Gasteiger partial charge in [-0.3, -0.25) is 0 Å². The Balaban J connectivity index is -0.0000000533. The third-order valence-electron chi connectivity index (χ3n) is 1.05. The summed E-state index contributed by atoms with van der Waals surface area (Å²) < 4.78 is 5.12. The van der Waals surface area contributed by atoms with Gasteiger partial charge in [-0.15, -0.1) is 0 Å². The van der Waals surface area contributed by atoms with Gasteiger partial charge in [-0.2, -0.15) is 0 Å². The molecule has 2 heteroatoms. The average Bonchev–Trinajstić information content (AvgIpc) is 1.89. The van der Waals surface area contributed by atoms with Gasteiger partial charge in [0, 0.05) is 13.2 Å². The van der Waals surface area contributed by atoms with Crippen molar-refractivity contribution in [3.05, 3.63) is 0 Å². The molecule has 0 atom stereocenters. The van der Waals surface area contributed by atoms with Crippen LogP contribution in [0.5, 0.6) is 0 Å². The molecule has 2 nitrogen and oxygen atoms in total. The molecule has 0 saturated carbocycles. The zero-order valence-electron chi connectivity index (χ0n) is 6.44. The zero-order valence-corrected chi connectivity index (χ0v) is 6.44. The summed E-state index contributed by atoms with van der Waals surface area (Å²) >= 11 is 0. The number of rotatable bonds is 6. The van der Waals surface area contributed by atoms with E-state index < -0.39 is 0 Å². The zero-order chi connectivity index (χ0) is 6.95. The van der Waals surface area contributed by atoms with E-state index in [1.54, 1.807) is 0 Å². The van der Waals surface area contributed by atoms with Crippen LogP contribution in [0.4, 0.5) is 0 Å². The molecule has 0 amide bonds. The molecule has 13 heavy (non-hydrogen) atoms. The lowest BCUT2D eigenvalue weighted by atomic mass is 10.5. The van der Waals surface area contributed by atoms with Crippen molar-refractivity contribution < 1.29 is 4.74 Å². The summed E-state index contributed by atoms with van der Waals surface area (Å²) in [5.74, 6) is 0. The van der Waals surface area contributed by atoms with Crippen molar-refractivity contribution in [2.24, 2.45) is 0 Å². The second-order valence-corrected chi connectivity index (χ2v) is 1.95. The highest BCUT2D eigenvalue weighted by Crippen LogP contribution is 1.72. The van der Waals surface area contributed by atoms with Crippen LogP contribution in [0.3, 0.4) is 0 Å². The van der Waals surface area contributed by atoms with Gasteiger partial charge in [0.1, 0.15) is 0 Å². The number of hydrogen-bond donors (Lipinski definition) is 1. The predicted octanol–water partition coefficient (Wildman–Crippen LogP) is 3.57. The molecule has 0 aliphatic carbocycles. The molecule has 0 rings (SSSR count). The van der Waals surface area contributed by atoms with Gasteiger partial charge in [0.05, 0.1) is 6.61 Å². The minimum atomic E-state index is 0. The van der Waals surface area contributed by atoms with E-state index in [0.29, 0.717) is 0 Å². The quantitative estimate of drug-likeness (QED) is 0.654. The minimum Gasteiger partial charge on any atom is -0.380 e. The summed E-state index contributed by atoms with van der Waals surface area (Å²) in [6, 6.07) is 0. The molecule has 1 N–H and O–H groups in total. The Hall–Kier alpha value is -0.0800. The van der Waals surface area contributed by atoms with Gasteiger partial charge in [-0.25, -0.2) is 0 Å². The molecule has 0 bridgehead atoms. The lowest BCUT2D eigenvalue weighted by Crippen LogP contribution is -2.20. The van der Waals surface area contributed by atoms with Gasteiger partial charge >= 0.3 is 0 Å². The van der Waals surface area contributed by atoms with Gasteiger partial charge < -0.3 is 10.1 Å². The minimum absolute atomic E-state index is 0. The van der Waals surface area contributed by atoms with Crippen LogP contribution < -0.4 is 5.32 Å². The van der Waals surface area contributed by atoms with Gasteiger partial charge in [-0.05, 0) is 19.9 Å². The highest BCUT2D eigenvalue weighted by atomic mass is 16.5. The lowest BCUT2D eigenvalue weighted by molar-refractivity contribution is 0.149. The molecule has 0 fully saturated rings. The molecule has 88 valence electrons. The first kappa shape index (κ1) is 29.3. The SMILES string of the molecule is C.C.C.C.CCCNCCOCC. The summed E-state index contributed by atoms with van der Waals surface area (Å²) in [6.07, 6.45) is 1.20. The molecular formula is C11H33NO. The first-order valence-electron chi connectivity index (χ1n) is 3.70. The third kappa shape index (κ3) is 33.5. The van der Waals surface area contributed by atoms with Crippen molar-refractivity contribution in [1.29, 1.82) is 0 Å². The third-order valence-corrected chi connectivity index (χ3v) is 1.05. The molecule has 0 spiro atoms. The highest BCUT2D eigenvalue weighted by molar-refractivity contribution is 4.41. The van der Waals surface area contributed by atoms with Gasteiger partial charge in [0.2, 0.25) is 0 Å². The van der Waals surface area contributed by atoms with Crippen LogP contribution in [0, 0.1) is 0 Å². The van der Waals surface area contributed by atoms with E-state index in [0.717, 1.165) is 26.3 Å². The summed E-state index contributed by atoms with van der Waals surface area (Å²) in [4.78, 5) is 0. The summed E-state index contributed by atoms with van der Waals surface area (Å²) in [6.45, 7) is 7.94. The van der Waals surface area contributed by atoms with Crippen molar-refractivity contribution in [3.8, 4) is 0 Å². The average molecular weight is 195 g/mol. The van der Waals surface area contributed by atoms with Crippen LogP contribution >= 0.6 is 0 Å². The van der Waals surface area contributed by atoms with Gasteiger partial charge in [0.15, 0.2) is 0 Å². The number of nitrogens with one attached hydrogen (secondary N) is 1. The Morgan fingerprint density at radius 1 is 0.923 bits per heavy atom. The Bertz CT molecular complexity index is 43.4. The Morgan fingerprint density at radius 2 is 1.46 bits per heavy atom. The van der Waals surface area contributed by atoms with Crippen LogP contribution in [-0.2, 0) is 4.74 Å². The van der Waals surface area contributed by atoms with Crippen LogP contribution in [0.2, 0.25) is 0 Å². The molecule has 0 heterocycles. The Kier molecular flexibility index (Phi) is 66.8. The first-order valence-corrected chi connectivity index (χ1v) is 3.70. The normalized spacial score (nSPS) is 6.92. The fourth-order valence-electron chi connectivity index (χ4n) is 0.590. The standard InChI is InChI=1S/C7H17NO.4CH4/c1-3-5-8-6-7-9-4-2;;;;/h8H,3-7H2,1-2H3;4*1H4. The van der Waals surface area contributed by atoms with E-state index in [1.807, 2.05) is 6.92 Å². The maximum Gasteiger partial charge on any atom is 0.0590 e. The largest absolute Gasteiger partial charge is 0.380 e. The monoisotopic (exact) mass is 195 g/mol. The van der Waals surface area contributed by atoms with E-state index in [1.165, 1.54) is 6.42 Å². The maximum atomic E-state index is 5.12. The second kappa shape index (κ2) is 29.7. The molecule has 0 aliphatic rings. The van der Waals surface area contributed by atoms with E-state index in [-0.39, 0.29) is 29.7 Å². The number of ether oxygens (including phenoxy) is 1. The smallest absolute Gasteiger partial charge is 0.0590 e. The van der Waals surface area contributed by atoms with E-state index in [9.17, 15) is 0 Å². The van der Waals surface area contributed by atoms with Gasteiger partial charge in [-0.1, -0.05) is 36.6 Å². The summed E-state index contributed by atoms with van der Waals surface area (Å²) in [5, 5.41) is 3.24. The molecule has 0 aromatic rings. The molecule has 0 unspecified atom stereocenters. The van der Waals surface area contributed by atoms with E-state index >= 15 is 0 Å². The molecule has 0 aromatic heterocycles. The van der Waals surface area contributed by atoms with E-state index in [4.69, 9.17) is 4.74 Å². The molecule has 0 radical (unpaired) electrons. The van der Waals surface area contributed by atoms with Crippen molar-refractivity contribution in [2.45, 2.75) is 50.0 Å². The lowest BCUT2D eigenvalue weighted by Gasteiger charge is -2.01. The molecule has 0 saturated heterocycles. The molecular weight excluding hydrogens is 162 g/mol. The van der Waals surface area contributed by atoms with Crippen molar-refractivity contribution in [2.75, 3.05) is 26.3 Å². The van der Waals surface area contributed by atoms with Crippen molar-refractivity contribution >= 4 is 0 Å². The topological polar surface area (TPSA) is 21.3 Å².